The van der Waals surface area contributed by atoms with Gasteiger partial charge in [-0.25, -0.2) is 4.79 Å². The summed E-state index contributed by atoms with van der Waals surface area (Å²) in [4.78, 5) is 15.6. The number of carbonyl (C=O) groups excluding carboxylic acids is 1. The molecule has 98 valence electrons. The van der Waals surface area contributed by atoms with E-state index in [1.807, 2.05) is 0 Å². The van der Waals surface area contributed by atoms with E-state index in [-0.39, 0.29) is 6.09 Å². The third-order valence-electron chi connectivity index (χ3n) is 3.23. The zero-order valence-corrected chi connectivity index (χ0v) is 10.4. The van der Waals surface area contributed by atoms with Gasteiger partial charge in [-0.1, -0.05) is 0 Å². The van der Waals surface area contributed by atoms with Gasteiger partial charge in [-0.15, -0.1) is 0 Å². The van der Waals surface area contributed by atoms with Crippen LogP contribution >= 0.6 is 0 Å². The summed E-state index contributed by atoms with van der Waals surface area (Å²) >= 11 is 0. The second kappa shape index (κ2) is 6.18. The quantitative estimate of drug-likeness (QED) is 0.722. The van der Waals surface area contributed by atoms with Crippen molar-refractivity contribution in [3.63, 3.8) is 0 Å². The van der Waals surface area contributed by atoms with Crippen LogP contribution in [-0.4, -0.2) is 74.6 Å². The standard InChI is InChI=1S/C11H21N3O3/c1-10-8-16-7-6-14(10)9-17-11(15)13-4-2-12-3-5-13/h10,12H,2-9H2,1H3/t10-/m1/s1. The monoisotopic (exact) mass is 243 g/mol. The number of rotatable bonds is 2. The maximum atomic E-state index is 11.8. The lowest BCUT2D eigenvalue weighted by Gasteiger charge is -2.33. The summed E-state index contributed by atoms with van der Waals surface area (Å²) in [5.74, 6) is 0. The molecule has 0 aromatic carbocycles. The summed E-state index contributed by atoms with van der Waals surface area (Å²) in [5, 5.41) is 3.21. The lowest BCUT2D eigenvalue weighted by molar-refractivity contribution is -0.0483. The molecule has 6 heteroatoms. The molecule has 0 unspecified atom stereocenters. The molecule has 0 bridgehead atoms. The Labute approximate surface area is 102 Å². The molecule has 2 fully saturated rings. The van der Waals surface area contributed by atoms with Gasteiger partial charge in [0.05, 0.1) is 13.2 Å². The Bertz CT molecular complexity index is 256. The average Bonchev–Trinajstić information content (AvgIpc) is 2.38. The van der Waals surface area contributed by atoms with Gasteiger partial charge in [-0.05, 0) is 6.92 Å². The number of nitrogens with zero attached hydrogens (tertiary/aromatic N) is 2. The van der Waals surface area contributed by atoms with Crippen LogP contribution in [0.5, 0.6) is 0 Å². The van der Waals surface area contributed by atoms with Crippen molar-refractivity contribution in [1.29, 1.82) is 0 Å². The van der Waals surface area contributed by atoms with Gasteiger partial charge in [-0.3, -0.25) is 4.90 Å². The van der Waals surface area contributed by atoms with Crippen LogP contribution in [0.25, 0.3) is 0 Å². The SMILES string of the molecule is C[C@@H]1COCCN1COC(=O)N1CCNCC1. The molecule has 2 saturated heterocycles. The zero-order valence-electron chi connectivity index (χ0n) is 10.4. The summed E-state index contributed by atoms with van der Waals surface area (Å²) in [6, 6.07) is 0.319. The minimum atomic E-state index is -0.204. The molecule has 0 saturated carbocycles. The number of carbonyl (C=O) groups is 1. The molecule has 2 rings (SSSR count). The van der Waals surface area contributed by atoms with Gasteiger partial charge in [-0.2, -0.15) is 0 Å². The smallest absolute Gasteiger partial charge is 0.411 e. The number of morpholine rings is 1. The van der Waals surface area contributed by atoms with Crippen LogP contribution in [0.4, 0.5) is 4.79 Å². The topological polar surface area (TPSA) is 54.0 Å². The summed E-state index contributed by atoms with van der Waals surface area (Å²) in [6.07, 6.45) is -0.204. The van der Waals surface area contributed by atoms with Crippen molar-refractivity contribution in [2.24, 2.45) is 0 Å². The van der Waals surface area contributed by atoms with Gasteiger partial charge in [0.1, 0.15) is 6.73 Å². The van der Waals surface area contributed by atoms with E-state index in [4.69, 9.17) is 9.47 Å². The average molecular weight is 243 g/mol. The third kappa shape index (κ3) is 3.55. The maximum absolute atomic E-state index is 11.8. The maximum Gasteiger partial charge on any atom is 0.411 e. The molecule has 2 heterocycles. The number of hydrogen-bond acceptors (Lipinski definition) is 5. The van der Waals surface area contributed by atoms with Crippen molar-refractivity contribution in [3.8, 4) is 0 Å². The predicted octanol–water partition coefficient (Wildman–Crippen LogP) is -0.294. The Morgan fingerprint density at radius 1 is 1.41 bits per heavy atom. The van der Waals surface area contributed by atoms with E-state index in [1.165, 1.54) is 0 Å². The lowest BCUT2D eigenvalue weighted by atomic mass is 10.3. The normalized spacial score (nSPS) is 26.9. The first-order valence-corrected chi connectivity index (χ1v) is 6.21. The van der Waals surface area contributed by atoms with Crippen LogP contribution in [0.3, 0.4) is 0 Å². The van der Waals surface area contributed by atoms with Gasteiger partial charge < -0.3 is 19.7 Å². The number of piperazine rings is 1. The molecule has 17 heavy (non-hydrogen) atoms. The van der Waals surface area contributed by atoms with Crippen LogP contribution in [-0.2, 0) is 9.47 Å². The molecule has 0 aliphatic carbocycles. The summed E-state index contributed by atoms with van der Waals surface area (Å²) in [6.45, 7) is 7.88. The zero-order chi connectivity index (χ0) is 12.1. The van der Waals surface area contributed by atoms with Crippen molar-refractivity contribution in [1.82, 2.24) is 15.1 Å². The van der Waals surface area contributed by atoms with Crippen LogP contribution < -0.4 is 5.32 Å². The third-order valence-corrected chi connectivity index (χ3v) is 3.23. The molecule has 1 N–H and O–H groups in total. The highest BCUT2D eigenvalue weighted by atomic mass is 16.6. The van der Waals surface area contributed by atoms with Gasteiger partial charge in [0.15, 0.2) is 0 Å². The molecule has 2 aliphatic rings. The van der Waals surface area contributed by atoms with E-state index in [9.17, 15) is 4.79 Å². The van der Waals surface area contributed by atoms with Crippen LogP contribution in [0.1, 0.15) is 6.92 Å². The fraction of sp³-hybridized carbons (Fsp3) is 0.909. The Hall–Kier alpha value is -0.850. The van der Waals surface area contributed by atoms with Crippen molar-refractivity contribution >= 4 is 6.09 Å². The highest BCUT2D eigenvalue weighted by molar-refractivity contribution is 5.67. The largest absolute Gasteiger partial charge is 0.433 e. The van der Waals surface area contributed by atoms with E-state index in [0.29, 0.717) is 19.4 Å². The van der Waals surface area contributed by atoms with E-state index in [1.54, 1.807) is 4.90 Å². The van der Waals surface area contributed by atoms with Gasteiger partial charge >= 0.3 is 6.09 Å². The molecular weight excluding hydrogens is 222 g/mol. The molecular formula is C11H21N3O3. The molecule has 0 aromatic rings. The Morgan fingerprint density at radius 2 is 2.18 bits per heavy atom. The Balaban J connectivity index is 1.71. The van der Waals surface area contributed by atoms with Crippen LogP contribution in [0, 0.1) is 0 Å². The first-order chi connectivity index (χ1) is 8.27. The number of nitrogens with one attached hydrogen (secondary N) is 1. The first-order valence-electron chi connectivity index (χ1n) is 6.21. The minimum Gasteiger partial charge on any atom is -0.433 e. The van der Waals surface area contributed by atoms with Gasteiger partial charge in [0, 0.05) is 38.8 Å². The van der Waals surface area contributed by atoms with Crippen molar-refractivity contribution in [3.05, 3.63) is 0 Å². The molecule has 0 aromatic heterocycles. The molecule has 1 amide bonds. The molecule has 0 radical (unpaired) electrons. The predicted molar refractivity (Wildman–Crippen MR) is 62.8 cm³/mol. The first kappa shape index (κ1) is 12.6. The van der Waals surface area contributed by atoms with Crippen LogP contribution in [0.2, 0.25) is 0 Å². The molecule has 6 nitrogen and oxygen atoms in total. The molecule has 0 spiro atoms. The van der Waals surface area contributed by atoms with Crippen molar-refractivity contribution in [2.45, 2.75) is 13.0 Å². The summed E-state index contributed by atoms with van der Waals surface area (Å²) in [7, 11) is 0. The second-order valence-corrected chi connectivity index (χ2v) is 4.51. The summed E-state index contributed by atoms with van der Waals surface area (Å²) in [5.41, 5.74) is 0. The fourth-order valence-electron chi connectivity index (χ4n) is 2.03. The van der Waals surface area contributed by atoms with E-state index in [2.05, 4.69) is 17.1 Å². The number of amides is 1. The van der Waals surface area contributed by atoms with Crippen molar-refractivity contribution in [2.75, 3.05) is 52.7 Å². The van der Waals surface area contributed by atoms with Crippen LogP contribution in [0.15, 0.2) is 0 Å². The number of hydrogen-bond donors (Lipinski definition) is 1. The fourth-order valence-corrected chi connectivity index (χ4v) is 2.03. The Morgan fingerprint density at radius 3 is 2.88 bits per heavy atom. The van der Waals surface area contributed by atoms with E-state index < -0.39 is 0 Å². The highest BCUT2D eigenvalue weighted by Crippen LogP contribution is 2.06. The van der Waals surface area contributed by atoms with E-state index in [0.717, 1.165) is 39.3 Å². The lowest BCUT2D eigenvalue weighted by Crippen LogP contribution is -2.49. The summed E-state index contributed by atoms with van der Waals surface area (Å²) < 4.78 is 10.7. The highest BCUT2D eigenvalue weighted by Gasteiger charge is 2.22. The van der Waals surface area contributed by atoms with Crippen molar-refractivity contribution < 1.29 is 14.3 Å². The Kier molecular flexibility index (Phi) is 4.58. The van der Waals surface area contributed by atoms with E-state index >= 15 is 0 Å². The van der Waals surface area contributed by atoms with Gasteiger partial charge in [0.2, 0.25) is 0 Å². The minimum absolute atomic E-state index is 0.204. The molecule has 1 atom stereocenters. The molecule has 2 aliphatic heterocycles. The number of ether oxygens (including phenoxy) is 2. The second-order valence-electron chi connectivity index (χ2n) is 4.51. The van der Waals surface area contributed by atoms with Gasteiger partial charge in [0.25, 0.3) is 0 Å².